The molecule has 0 saturated carbocycles. The first-order valence-electron chi connectivity index (χ1n) is 5.66. The SMILES string of the molecule is CC(CC(=O)O)S(=O)(=O)Cc1nc2ccccc2s1. The van der Waals surface area contributed by atoms with E-state index in [1.165, 1.54) is 18.3 Å². The van der Waals surface area contributed by atoms with Gasteiger partial charge in [0, 0.05) is 0 Å². The molecule has 102 valence electrons. The maximum absolute atomic E-state index is 12.0. The van der Waals surface area contributed by atoms with Gasteiger partial charge in [0.2, 0.25) is 0 Å². The number of sulfone groups is 1. The molecule has 2 aromatic rings. The van der Waals surface area contributed by atoms with Gasteiger partial charge in [-0.1, -0.05) is 12.1 Å². The predicted octanol–water partition coefficient (Wildman–Crippen LogP) is 2.07. The molecule has 0 fully saturated rings. The van der Waals surface area contributed by atoms with Crippen molar-refractivity contribution in [3.8, 4) is 0 Å². The molecule has 19 heavy (non-hydrogen) atoms. The lowest BCUT2D eigenvalue weighted by Gasteiger charge is -2.08. The van der Waals surface area contributed by atoms with Gasteiger partial charge in [-0.05, 0) is 19.1 Å². The molecular weight excluding hydrogens is 286 g/mol. The number of aliphatic carboxylic acids is 1. The van der Waals surface area contributed by atoms with Gasteiger partial charge in [0.1, 0.15) is 10.8 Å². The first kappa shape index (κ1) is 14.0. The van der Waals surface area contributed by atoms with Crippen LogP contribution in [0, 0.1) is 0 Å². The molecule has 0 bridgehead atoms. The number of para-hydroxylation sites is 1. The fourth-order valence-corrected chi connectivity index (χ4v) is 4.25. The maximum Gasteiger partial charge on any atom is 0.304 e. The Morgan fingerprint density at radius 1 is 1.42 bits per heavy atom. The molecule has 1 heterocycles. The summed E-state index contributed by atoms with van der Waals surface area (Å²) >= 11 is 1.32. The van der Waals surface area contributed by atoms with Crippen molar-refractivity contribution in [1.82, 2.24) is 4.98 Å². The number of carboxylic acids is 1. The summed E-state index contributed by atoms with van der Waals surface area (Å²) in [7, 11) is -3.49. The normalized spacial score (nSPS) is 13.5. The molecule has 1 aromatic heterocycles. The van der Waals surface area contributed by atoms with E-state index in [4.69, 9.17) is 5.11 Å². The minimum atomic E-state index is -3.49. The van der Waals surface area contributed by atoms with Crippen LogP contribution in [0.25, 0.3) is 10.2 Å². The first-order valence-corrected chi connectivity index (χ1v) is 8.19. The van der Waals surface area contributed by atoms with Crippen LogP contribution in [0.15, 0.2) is 24.3 Å². The predicted molar refractivity (Wildman–Crippen MR) is 74.0 cm³/mol. The van der Waals surface area contributed by atoms with Crippen LogP contribution in [-0.2, 0) is 20.4 Å². The summed E-state index contributed by atoms with van der Waals surface area (Å²) in [6.45, 7) is 1.41. The number of hydrogen-bond donors (Lipinski definition) is 1. The van der Waals surface area contributed by atoms with Crippen LogP contribution >= 0.6 is 11.3 Å². The second kappa shape index (κ2) is 5.26. The highest BCUT2D eigenvalue weighted by Crippen LogP contribution is 2.24. The average Bonchev–Trinajstić information content (AvgIpc) is 2.68. The Morgan fingerprint density at radius 2 is 2.11 bits per heavy atom. The number of benzene rings is 1. The largest absolute Gasteiger partial charge is 0.481 e. The number of carboxylic acid groups (broad SMARTS) is 1. The van der Waals surface area contributed by atoms with Gasteiger partial charge in [0.15, 0.2) is 9.84 Å². The van der Waals surface area contributed by atoms with Gasteiger partial charge in [-0.3, -0.25) is 4.79 Å². The lowest BCUT2D eigenvalue weighted by atomic mass is 10.3. The molecule has 1 atom stereocenters. The number of fused-ring (bicyclic) bond motifs is 1. The fraction of sp³-hybridized carbons (Fsp3) is 0.333. The van der Waals surface area contributed by atoms with Crippen molar-refractivity contribution >= 4 is 37.4 Å². The molecule has 1 aromatic carbocycles. The highest BCUT2D eigenvalue weighted by atomic mass is 32.2. The van der Waals surface area contributed by atoms with Crippen molar-refractivity contribution in [2.75, 3.05) is 0 Å². The molecule has 0 spiro atoms. The third-order valence-electron chi connectivity index (χ3n) is 2.74. The second-order valence-corrected chi connectivity index (χ2v) is 7.83. The van der Waals surface area contributed by atoms with E-state index in [9.17, 15) is 13.2 Å². The van der Waals surface area contributed by atoms with Crippen molar-refractivity contribution in [1.29, 1.82) is 0 Å². The molecule has 0 saturated heterocycles. The summed E-state index contributed by atoms with van der Waals surface area (Å²) in [4.78, 5) is 14.8. The Labute approximate surface area is 114 Å². The van der Waals surface area contributed by atoms with Crippen molar-refractivity contribution < 1.29 is 18.3 Å². The molecule has 5 nitrogen and oxygen atoms in total. The third-order valence-corrected chi connectivity index (χ3v) is 6.03. The summed E-state index contributed by atoms with van der Waals surface area (Å²) < 4.78 is 25.0. The number of carbonyl (C=O) groups is 1. The van der Waals surface area contributed by atoms with Gasteiger partial charge in [-0.2, -0.15) is 0 Å². The topological polar surface area (TPSA) is 84.3 Å². The molecule has 0 aliphatic heterocycles. The third kappa shape index (κ3) is 3.30. The van der Waals surface area contributed by atoms with Crippen LogP contribution in [0.5, 0.6) is 0 Å². The van der Waals surface area contributed by atoms with E-state index < -0.39 is 21.1 Å². The van der Waals surface area contributed by atoms with Gasteiger partial charge in [-0.15, -0.1) is 11.3 Å². The summed E-state index contributed by atoms with van der Waals surface area (Å²) in [5, 5.41) is 8.24. The van der Waals surface area contributed by atoms with Gasteiger partial charge >= 0.3 is 5.97 Å². The zero-order valence-corrected chi connectivity index (χ0v) is 11.9. The van der Waals surface area contributed by atoms with Gasteiger partial charge in [0.05, 0.1) is 21.9 Å². The summed E-state index contributed by atoms with van der Waals surface area (Å²) in [5.41, 5.74) is 0.767. The number of aromatic nitrogens is 1. The van der Waals surface area contributed by atoms with E-state index in [0.717, 1.165) is 10.2 Å². The highest BCUT2D eigenvalue weighted by molar-refractivity contribution is 7.91. The summed E-state index contributed by atoms with van der Waals surface area (Å²) in [5.74, 6) is -1.32. The number of rotatable bonds is 5. The quantitative estimate of drug-likeness (QED) is 0.913. The van der Waals surface area contributed by atoms with Crippen molar-refractivity contribution in [3.63, 3.8) is 0 Å². The van der Waals surface area contributed by atoms with Crippen LogP contribution in [0.2, 0.25) is 0 Å². The monoisotopic (exact) mass is 299 g/mol. The van der Waals surface area contributed by atoms with E-state index >= 15 is 0 Å². The zero-order chi connectivity index (χ0) is 14.0. The van der Waals surface area contributed by atoms with Gasteiger partial charge in [0.25, 0.3) is 0 Å². The Hall–Kier alpha value is -1.47. The van der Waals surface area contributed by atoms with Crippen molar-refractivity contribution in [2.45, 2.75) is 24.3 Å². The molecule has 2 rings (SSSR count). The Kier molecular flexibility index (Phi) is 3.86. The zero-order valence-electron chi connectivity index (χ0n) is 10.2. The van der Waals surface area contributed by atoms with E-state index in [0.29, 0.717) is 5.01 Å². The Balaban J connectivity index is 2.22. The number of thiazole rings is 1. The van der Waals surface area contributed by atoms with E-state index in [2.05, 4.69) is 4.98 Å². The molecule has 0 aliphatic carbocycles. The molecule has 1 unspecified atom stereocenters. The lowest BCUT2D eigenvalue weighted by molar-refractivity contribution is -0.136. The lowest BCUT2D eigenvalue weighted by Crippen LogP contribution is -2.22. The minimum absolute atomic E-state index is 0.208. The molecule has 0 amide bonds. The molecule has 0 aliphatic rings. The molecule has 7 heteroatoms. The Morgan fingerprint density at radius 3 is 2.74 bits per heavy atom. The fourth-order valence-electron chi connectivity index (χ4n) is 1.67. The second-order valence-electron chi connectivity index (χ2n) is 4.29. The number of nitrogens with zero attached hydrogens (tertiary/aromatic N) is 1. The minimum Gasteiger partial charge on any atom is -0.481 e. The van der Waals surface area contributed by atoms with Crippen molar-refractivity contribution in [2.24, 2.45) is 0 Å². The van der Waals surface area contributed by atoms with Crippen LogP contribution in [0.1, 0.15) is 18.4 Å². The molecule has 0 radical (unpaired) electrons. The van der Waals surface area contributed by atoms with E-state index in [-0.39, 0.29) is 12.2 Å². The number of hydrogen-bond acceptors (Lipinski definition) is 5. The van der Waals surface area contributed by atoms with Gasteiger partial charge in [-0.25, -0.2) is 13.4 Å². The average molecular weight is 299 g/mol. The van der Waals surface area contributed by atoms with E-state index in [1.807, 2.05) is 24.3 Å². The maximum atomic E-state index is 12.0. The Bertz CT molecular complexity index is 672. The molecule has 1 N–H and O–H groups in total. The van der Waals surface area contributed by atoms with Crippen LogP contribution < -0.4 is 0 Å². The van der Waals surface area contributed by atoms with Gasteiger partial charge < -0.3 is 5.11 Å². The van der Waals surface area contributed by atoms with Crippen LogP contribution in [0.3, 0.4) is 0 Å². The van der Waals surface area contributed by atoms with Crippen LogP contribution in [0.4, 0.5) is 0 Å². The highest BCUT2D eigenvalue weighted by Gasteiger charge is 2.25. The summed E-state index contributed by atoms with van der Waals surface area (Å²) in [6.07, 6.45) is -0.382. The standard InChI is InChI=1S/C12H13NO4S2/c1-8(6-12(14)15)19(16,17)7-11-13-9-4-2-3-5-10(9)18-11/h2-5,8H,6-7H2,1H3,(H,14,15). The van der Waals surface area contributed by atoms with E-state index in [1.54, 1.807) is 0 Å². The molecular formula is C12H13NO4S2. The van der Waals surface area contributed by atoms with Crippen molar-refractivity contribution in [3.05, 3.63) is 29.3 Å². The smallest absolute Gasteiger partial charge is 0.304 e. The van der Waals surface area contributed by atoms with Crippen LogP contribution in [-0.4, -0.2) is 29.7 Å². The summed E-state index contributed by atoms with van der Waals surface area (Å²) in [6, 6.07) is 7.41. The first-order chi connectivity index (χ1) is 8.88.